The second kappa shape index (κ2) is 7.59. The van der Waals surface area contributed by atoms with E-state index >= 15 is 0 Å². The Bertz CT molecular complexity index is 688. The first-order chi connectivity index (χ1) is 10.7. The molecule has 0 aliphatic rings. The number of amides is 1. The SMILES string of the molecule is C=CC(=O)Nc1ccc(OC(=O)/C=C/c2ccccc2)cc1. The molecular weight excluding hydrogens is 278 g/mol. The molecule has 4 nitrogen and oxygen atoms in total. The van der Waals surface area contributed by atoms with Crippen molar-refractivity contribution in [3.63, 3.8) is 0 Å². The van der Waals surface area contributed by atoms with Gasteiger partial charge in [0, 0.05) is 11.8 Å². The van der Waals surface area contributed by atoms with Crippen LogP contribution in [-0.2, 0) is 9.59 Å². The fourth-order valence-corrected chi connectivity index (χ4v) is 1.68. The number of hydrogen-bond acceptors (Lipinski definition) is 3. The Balaban J connectivity index is 1.93. The molecule has 0 aromatic heterocycles. The standard InChI is InChI=1S/C18H15NO3/c1-2-17(20)19-15-9-11-16(12-10-15)22-18(21)13-8-14-6-4-3-5-7-14/h2-13H,1H2,(H,19,20)/b13-8+. The molecule has 0 saturated heterocycles. The fraction of sp³-hybridized carbons (Fsp3) is 0. The first-order valence-corrected chi connectivity index (χ1v) is 6.66. The zero-order valence-electron chi connectivity index (χ0n) is 11.9. The summed E-state index contributed by atoms with van der Waals surface area (Å²) in [6.07, 6.45) is 4.23. The summed E-state index contributed by atoms with van der Waals surface area (Å²) in [4.78, 5) is 22.8. The Kier molecular flexibility index (Phi) is 5.26. The summed E-state index contributed by atoms with van der Waals surface area (Å²) in [5, 5.41) is 2.61. The summed E-state index contributed by atoms with van der Waals surface area (Å²) in [5.41, 5.74) is 1.52. The Morgan fingerprint density at radius 2 is 1.68 bits per heavy atom. The molecule has 0 spiro atoms. The summed E-state index contributed by atoms with van der Waals surface area (Å²) in [6.45, 7) is 3.37. The minimum absolute atomic E-state index is 0.296. The summed E-state index contributed by atoms with van der Waals surface area (Å²) in [7, 11) is 0. The minimum Gasteiger partial charge on any atom is -0.423 e. The molecule has 2 aromatic rings. The Hall–Kier alpha value is -3.14. The van der Waals surface area contributed by atoms with Crippen LogP contribution in [0.25, 0.3) is 6.08 Å². The van der Waals surface area contributed by atoms with Gasteiger partial charge in [-0.25, -0.2) is 4.79 Å². The van der Waals surface area contributed by atoms with Crippen LogP contribution in [-0.4, -0.2) is 11.9 Å². The highest BCUT2D eigenvalue weighted by molar-refractivity contribution is 5.98. The molecule has 0 heterocycles. The molecule has 1 N–H and O–H groups in total. The van der Waals surface area contributed by atoms with Gasteiger partial charge in [0.05, 0.1) is 0 Å². The van der Waals surface area contributed by atoms with E-state index in [9.17, 15) is 9.59 Å². The highest BCUT2D eigenvalue weighted by Gasteiger charge is 2.02. The van der Waals surface area contributed by atoms with Gasteiger partial charge in [0.25, 0.3) is 0 Å². The number of carbonyl (C=O) groups excluding carboxylic acids is 2. The number of benzene rings is 2. The number of anilines is 1. The van der Waals surface area contributed by atoms with Gasteiger partial charge >= 0.3 is 5.97 Å². The van der Waals surface area contributed by atoms with E-state index in [4.69, 9.17) is 4.74 Å². The van der Waals surface area contributed by atoms with E-state index in [-0.39, 0.29) is 5.91 Å². The molecule has 0 fully saturated rings. The minimum atomic E-state index is -0.466. The number of carbonyl (C=O) groups is 2. The Labute approximate surface area is 128 Å². The van der Waals surface area contributed by atoms with Crippen molar-refractivity contribution in [1.82, 2.24) is 0 Å². The maximum absolute atomic E-state index is 11.7. The maximum Gasteiger partial charge on any atom is 0.336 e. The molecule has 0 aliphatic carbocycles. The molecule has 0 bridgehead atoms. The lowest BCUT2D eigenvalue weighted by atomic mass is 10.2. The fourth-order valence-electron chi connectivity index (χ4n) is 1.68. The van der Waals surface area contributed by atoms with Gasteiger partial charge in [-0.3, -0.25) is 4.79 Å². The predicted octanol–water partition coefficient (Wildman–Crippen LogP) is 3.43. The topological polar surface area (TPSA) is 55.4 Å². The van der Waals surface area contributed by atoms with Crippen LogP contribution in [0.2, 0.25) is 0 Å². The first kappa shape index (κ1) is 15.3. The van der Waals surface area contributed by atoms with E-state index < -0.39 is 5.97 Å². The van der Waals surface area contributed by atoms with Crippen LogP contribution in [0.15, 0.2) is 73.3 Å². The van der Waals surface area contributed by atoms with Crippen LogP contribution in [0, 0.1) is 0 Å². The summed E-state index contributed by atoms with van der Waals surface area (Å²) < 4.78 is 5.16. The van der Waals surface area contributed by atoms with Crippen LogP contribution in [0.1, 0.15) is 5.56 Å². The largest absolute Gasteiger partial charge is 0.423 e. The van der Waals surface area contributed by atoms with E-state index in [0.717, 1.165) is 5.56 Å². The normalized spacial score (nSPS) is 10.2. The van der Waals surface area contributed by atoms with Gasteiger partial charge in [-0.05, 0) is 42.0 Å². The zero-order chi connectivity index (χ0) is 15.8. The van der Waals surface area contributed by atoms with Crippen LogP contribution in [0.5, 0.6) is 5.75 Å². The molecule has 22 heavy (non-hydrogen) atoms. The molecule has 0 atom stereocenters. The zero-order valence-corrected chi connectivity index (χ0v) is 11.9. The Morgan fingerprint density at radius 3 is 2.32 bits per heavy atom. The molecule has 2 aromatic carbocycles. The van der Waals surface area contributed by atoms with Gasteiger partial charge in [-0.1, -0.05) is 36.9 Å². The lowest BCUT2D eigenvalue weighted by Gasteiger charge is -2.04. The van der Waals surface area contributed by atoms with E-state index in [2.05, 4.69) is 11.9 Å². The van der Waals surface area contributed by atoms with Gasteiger partial charge in [-0.2, -0.15) is 0 Å². The van der Waals surface area contributed by atoms with Gasteiger partial charge in [-0.15, -0.1) is 0 Å². The van der Waals surface area contributed by atoms with E-state index in [1.807, 2.05) is 30.3 Å². The molecule has 0 saturated carbocycles. The monoisotopic (exact) mass is 293 g/mol. The molecule has 1 amide bonds. The third kappa shape index (κ3) is 4.76. The summed E-state index contributed by atoms with van der Waals surface area (Å²) >= 11 is 0. The molecule has 0 radical (unpaired) electrons. The van der Waals surface area contributed by atoms with Gasteiger partial charge in [0.1, 0.15) is 5.75 Å². The second-order valence-electron chi connectivity index (χ2n) is 4.38. The Morgan fingerprint density at radius 1 is 1.00 bits per heavy atom. The average Bonchev–Trinajstić information content (AvgIpc) is 2.55. The van der Waals surface area contributed by atoms with Crippen LogP contribution >= 0.6 is 0 Å². The molecule has 0 aliphatic heterocycles. The third-order valence-electron chi connectivity index (χ3n) is 2.74. The van der Waals surface area contributed by atoms with Crippen molar-refractivity contribution >= 4 is 23.6 Å². The number of rotatable bonds is 5. The lowest BCUT2D eigenvalue weighted by Crippen LogP contribution is -2.07. The second-order valence-corrected chi connectivity index (χ2v) is 4.38. The first-order valence-electron chi connectivity index (χ1n) is 6.66. The number of esters is 1. The van der Waals surface area contributed by atoms with Crippen molar-refractivity contribution in [1.29, 1.82) is 0 Å². The van der Waals surface area contributed by atoms with Crippen molar-refractivity contribution in [3.8, 4) is 5.75 Å². The van der Waals surface area contributed by atoms with Gasteiger partial charge in [0.2, 0.25) is 5.91 Å². The van der Waals surface area contributed by atoms with Crippen LogP contribution in [0.4, 0.5) is 5.69 Å². The quantitative estimate of drug-likeness (QED) is 0.522. The average molecular weight is 293 g/mol. The van der Waals surface area contributed by atoms with Crippen molar-refractivity contribution in [3.05, 3.63) is 78.9 Å². The predicted molar refractivity (Wildman–Crippen MR) is 86.4 cm³/mol. The molecule has 0 unspecified atom stereocenters. The lowest BCUT2D eigenvalue weighted by molar-refractivity contribution is -0.128. The van der Waals surface area contributed by atoms with Crippen LogP contribution in [0.3, 0.4) is 0 Å². The summed E-state index contributed by atoms with van der Waals surface area (Å²) in [5.74, 6) is -0.360. The highest BCUT2D eigenvalue weighted by atomic mass is 16.5. The van der Waals surface area contributed by atoms with E-state index in [0.29, 0.717) is 11.4 Å². The summed E-state index contributed by atoms with van der Waals surface area (Å²) in [6, 6.07) is 16.0. The number of ether oxygens (including phenoxy) is 1. The van der Waals surface area contributed by atoms with E-state index in [1.54, 1.807) is 30.3 Å². The van der Waals surface area contributed by atoms with Gasteiger partial charge in [0.15, 0.2) is 0 Å². The number of hydrogen-bond donors (Lipinski definition) is 1. The molecule has 2 rings (SSSR count). The van der Waals surface area contributed by atoms with E-state index in [1.165, 1.54) is 12.2 Å². The van der Waals surface area contributed by atoms with Crippen molar-refractivity contribution in [2.75, 3.05) is 5.32 Å². The van der Waals surface area contributed by atoms with Crippen molar-refractivity contribution in [2.24, 2.45) is 0 Å². The highest BCUT2D eigenvalue weighted by Crippen LogP contribution is 2.16. The molecule has 4 heteroatoms. The molecule has 110 valence electrons. The van der Waals surface area contributed by atoms with Gasteiger partial charge < -0.3 is 10.1 Å². The number of nitrogens with one attached hydrogen (secondary N) is 1. The maximum atomic E-state index is 11.7. The van der Waals surface area contributed by atoms with Crippen LogP contribution < -0.4 is 10.1 Å². The van der Waals surface area contributed by atoms with Crippen molar-refractivity contribution in [2.45, 2.75) is 0 Å². The van der Waals surface area contributed by atoms with Crippen molar-refractivity contribution < 1.29 is 14.3 Å². The smallest absolute Gasteiger partial charge is 0.336 e. The molecular formula is C18H15NO3. The third-order valence-corrected chi connectivity index (χ3v) is 2.74.